The van der Waals surface area contributed by atoms with E-state index in [9.17, 15) is 18.0 Å². The Kier molecular flexibility index (Phi) is 3.60. The van der Waals surface area contributed by atoms with Gasteiger partial charge in [-0.1, -0.05) is 18.7 Å². The number of alkyl halides is 3. The van der Waals surface area contributed by atoms with Crippen LogP contribution in [-0.2, 0) is 11.9 Å². The number of aromatic nitrogens is 2. The molecule has 0 aliphatic carbocycles. The fraction of sp³-hybridized carbons (Fsp3) is 0.200. The van der Waals surface area contributed by atoms with E-state index in [0.29, 0.717) is 28.3 Å². The van der Waals surface area contributed by atoms with Crippen molar-refractivity contribution in [3.63, 3.8) is 0 Å². The zero-order chi connectivity index (χ0) is 15.9. The van der Waals surface area contributed by atoms with Gasteiger partial charge in [0.15, 0.2) is 0 Å². The minimum atomic E-state index is -4.39. The molecule has 0 unspecified atom stereocenters. The van der Waals surface area contributed by atoms with Gasteiger partial charge < -0.3 is 4.98 Å². The zero-order valence-electron chi connectivity index (χ0n) is 11.3. The van der Waals surface area contributed by atoms with Crippen LogP contribution in [0, 0.1) is 0 Å². The maximum atomic E-state index is 12.6. The molecule has 1 aromatic carbocycles. The summed E-state index contributed by atoms with van der Waals surface area (Å²) >= 11 is 1.58. The largest absolute Gasteiger partial charge is 0.416 e. The van der Waals surface area contributed by atoms with Gasteiger partial charge in [0.1, 0.15) is 5.82 Å². The summed E-state index contributed by atoms with van der Waals surface area (Å²) in [5, 5.41) is 0. The standard InChI is InChI=1S/C15H11F3N2OS/c1-8-6-22-7-11-12(8)19-13(20-14(11)21)9-2-4-10(5-3-9)15(16,17)18/h2-5H,1,6-7H2,(H,19,20,21). The molecule has 0 saturated carbocycles. The second-order valence-electron chi connectivity index (χ2n) is 4.91. The van der Waals surface area contributed by atoms with Crippen molar-refractivity contribution >= 4 is 17.3 Å². The van der Waals surface area contributed by atoms with Gasteiger partial charge in [0.25, 0.3) is 5.56 Å². The highest BCUT2D eigenvalue weighted by Crippen LogP contribution is 2.31. The Hall–Kier alpha value is -2.02. The number of rotatable bonds is 1. The first kappa shape index (κ1) is 14.9. The Morgan fingerprint density at radius 3 is 2.50 bits per heavy atom. The van der Waals surface area contributed by atoms with E-state index in [2.05, 4.69) is 16.5 Å². The van der Waals surface area contributed by atoms with Crippen molar-refractivity contribution in [1.82, 2.24) is 9.97 Å². The summed E-state index contributed by atoms with van der Waals surface area (Å²) in [5.74, 6) is 1.50. The van der Waals surface area contributed by atoms with Gasteiger partial charge in [-0.15, -0.1) is 0 Å². The Morgan fingerprint density at radius 1 is 1.18 bits per heavy atom. The maximum absolute atomic E-state index is 12.6. The van der Waals surface area contributed by atoms with Gasteiger partial charge in [0.05, 0.1) is 16.8 Å². The predicted molar refractivity (Wildman–Crippen MR) is 80.5 cm³/mol. The lowest BCUT2D eigenvalue weighted by Gasteiger charge is -2.16. The Balaban J connectivity index is 2.06. The normalized spacial score (nSPS) is 14.8. The van der Waals surface area contributed by atoms with E-state index in [-0.39, 0.29) is 11.4 Å². The van der Waals surface area contributed by atoms with Crippen molar-refractivity contribution in [2.24, 2.45) is 0 Å². The van der Waals surface area contributed by atoms with Crippen LogP contribution in [0.5, 0.6) is 0 Å². The summed E-state index contributed by atoms with van der Waals surface area (Å²) in [6, 6.07) is 4.54. The first-order valence-corrected chi connectivity index (χ1v) is 7.58. The quantitative estimate of drug-likeness (QED) is 0.870. The number of benzene rings is 1. The van der Waals surface area contributed by atoms with Crippen LogP contribution in [0.1, 0.15) is 16.8 Å². The van der Waals surface area contributed by atoms with Crippen molar-refractivity contribution in [1.29, 1.82) is 0 Å². The smallest absolute Gasteiger partial charge is 0.306 e. The van der Waals surface area contributed by atoms with Gasteiger partial charge in [-0.25, -0.2) is 4.98 Å². The second kappa shape index (κ2) is 5.31. The first-order valence-electron chi connectivity index (χ1n) is 6.43. The van der Waals surface area contributed by atoms with E-state index in [0.717, 1.165) is 17.7 Å². The molecule has 7 heteroatoms. The van der Waals surface area contributed by atoms with Crippen molar-refractivity contribution in [3.8, 4) is 11.4 Å². The fourth-order valence-electron chi connectivity index (χ4n) is 2.22. The van der Waals surface area contributed by atoms with Crippen molar-refractivity contribution in [3.05, 3.63) is 58.0 Å². The molecule has 114 valence electrons. The van der Waals surface area contributed by atoms with E-state index < -0.39 is 11.7 Å². The van der Waals surface area contributed by atoms with Crippen LogP contribution in [0.25, 0.3) is 17.0 Å². The molecule has 0 saturated heterocycles. The number of hydrogen-bond donors (Lipinski definition) is 1. The molecule has 0 atom stereocenters. The maximum Gasteiger partial charge on any atom is 0.416 e. The van der Waals surface area contributed by atoms with Crippen LogP contribution < -0.4 is 5.56 Å². The monoisotopic (exact) mass is 324 g/mol. The third-order valence-electron chi connectivity index (χ3n) is 3.36. The molecule has 0 amide bonds. The van der Waals surface area contributed by atoms with Crippen molar-refractivity contribution < 1.29 is 13.2 Å². The molecule has 1 aliphatic rings. The van der Waals surface area contributed by atoms with Crippen LogP contribution in [0.15, 0.2) is 35.6 Å². The van der Waals surface area contributed by atoms with E-state index >= 15 is 0 Å². The van der Waals surface area contributed by atoms with Crippen molar-refractivity contribution in [2.75, 3.05) is 5.75 Å². The number of thioether (sulfide) groups is 1. The number of hydrogen-bond acceptors (Lipinski definition) is 3. The minimum Gasteiger partial charge on any atom is -0.306 e. The molecule has 0 spiro atoms. The van der Waals surface area contributed by atoms with Crippen LogP contribution >= 0.6 is 11.8 Å². The lowest BCUT2D eigenvalue weighted by Crippen LogP contribution is -2.20. The van der Waals surface area contributed by atoms with Crippen LogP contribution in [0.3, 0.4) is 0 Å². The predicted octanol–water partition coefficient (Wildman–Crippen LogP) is 3.72. The Labute approximate surface area is 128 Å². The molecule has 1 aliphatic heterocycles. The summed E-state index contributed by atoms with van der Waals surface area (Å²) < 4.78 is 37.7. The SMILES string of the molecule is C=C1CSCc2c1nc(-c1ccc(C(F)(F)F)cc1)[nH]c2=O. The molecule has 0 radical (unpaired) electrons. The topological polar surface area (TPSA) is 45.8 Å². The molecule has 1 aromatic heterocycles. The molecule has 0 bridgehead atoms. The number of fused-ring (bicyclic) bond motifs is 1. The lowest BCUT2D eigenvalue weighted by molar-refractivity contribution is -0.137. The van der Waals surface area contributed by atoms with E-state index in [4.69, 9.17) is 0 Å². The minimum absolute atomic E-state index is 0.255. The Morgan fingerprint density at radius 2 is 1.86 bits per heavy atom. The molecule has 0 fully saturated rings. The molecule has 2 aromatic rings. The summed E-state index contributed by atoms with van der Waals surface area (Å²) in [6.07, 6.45) is -4.39. The van der Waals surface area contributed by atoms with Crippen LogP contribution in [-0.4, -0.2) is 15.7 Å². The average molecular weight is 324 g/mol. The number of H-pyrrole nitrogens is 1. The molecular weight excluding hydrogens is 313 g/mol. The summed E-state index contributed by atoms with van der Waals surface area (Å²) in [7, 11) is 0. The molecular formula is C15H11F3N2OS. The van der Waals surface area contributed by atoms with E-state index in [1.54, 1.807) is 11.8 Å². The molecule has 22 heavy (non-hydrogen) atoms. The van der Waals surface area contributed by atoms with E-state index in [1.807, 2.05) is 0 Å². The van der Waals surface area contributed by atoms with Gasteiger partial charge in [-0.2, -0.15) is 24.9 Å². The van der Waals surface area contributed by atoms with Crippen molar-refractivity contribution in [2.45, 2.75) is 11.9 Å². The summed E-state index contributed by atoms with van der Waals surface area (Å²) in [6.45, 7) is 3.89. The number of aromatic amines is 1. The molecule has 1 N–H and O–H groups in total. The average Bonchev–Trinajstić information content (AvgIpc) is 2.47. The molecule has 2 heterocycles. The first-order chi connectivity index (χ1) is 10.4. The highest BCUT2D eigenvalue weighted by atomic mass is 32.2. The van der Waals surface area contributed by atoms with Gasteiger partial charge in [-0.05, 0) is 17.7 Å². The zero-order valence-corrected chi connectivity index (χ0v) is 12.1. The third kappa shape index (κ3) is 2.68. The van der Waals surface area contributed by atoms with Gasteiger partial charge in [0, 0.05) is 17.1 Å². The third-order valence-corrected chi connectivity index (χ3v) is 4.40. The second-order valence-corrected chi connectivity index (χ2v) is 5.90. The number of halogens is 3. The van der Waals surface area contributed by atoms with Gasteiger partial charge in [0.2, 0.25) is 0 Å². The number of nitrogens with one attached hydrogen (secondary N) is 1. The fourth-order valence-corrected chi connectivity index (χ4v) is 3.18. The van der Waals surface area contributed by atoms with Gasteiger partial charge in [-0.3, -0.25) is 4.79 Å². The number of nitrogens with zero attached hydrogens (tertiary/aromatic N) is 1. The highest BCUT2D eigenvalue weighted by molar-refractivity contribution is 7.99. The highest BCUT2D eigenvalue weighted by Gasteiger charge is 2.30. The molecule has 3 rings (SSSR count). The molecule has 3 nitrogen and oxygen atoms in total. The lowest BCUT2D eigenvalue weighted by atomic mass is 10.1. The summed E-state index contributed by atoms with van der Waals surface area (Å²) in [4.78, 5) is 19.1. The van der Waals surface area contributed by atoms with Crippen LogP contribution in [0.4, 0.5) is 13.2 Å². The summed E-state index contributed by atoms with van der Waals surface area (Å²) in [5.41, 5.74) is 1.30. The van der Waals surface area contributed by atoms with Gasteiger partial charge >= 0.3 is 6.18 Å². The Bertz CT molecular complexity index is 794. The van der Waals surface area contributed by atoms with E-state index in [1.165, 1.54) is 12.1 Å². The van der Waals surface area contributed by atoms with Crippen LogP contribution in [0.2, 0.25) is 0 Å².